The molecular weight excluding hydrogens is 300 g/mol. The predicted molar refractivity (Wildman–Crippen MR) is 82.2 cm³/mol. The molecule has 1 aromatic rings. The Hall–Kier alpha value is -1.87. The van der Waals surface area contributed by atoms with E-state index in [4.69, 9.17) is 10.00 Å². The third-order valence-electron chi connectivity index (χ3n) is 4.72. The Morgan fingerprint density at radius 1 is 1.41 bits per heavy atom. The molecule has 0 aliphatic heterocycles. The second-order valence-electron chi connectivity index (χ2n) is 6.12. The number of rotatable bonds is 5. The van der Waals surface area contributed by atoms with E-state index in [2.05, 4.69) is 5.32 Å². The van der Waals surface area contributed by atoms with E-state index in [1.807, 2.05) is 6.07 Å². The Labute approximate surface area is 133 Å². The van der Waals surface area contributed by atoms with Crippen LogP contribution >= 0.6 is 11.3 Å². The number of ether oxygens (including phenoxy) is 1. The first-order valence-electron chi connectivity index (χ1n) is 7.58. The van der Waals surface area contributed by atoms with Gasteiger partial charge in [-0.05, 0) is 48.5 Å². The van der Waals surface area contributed by atoms with E-state index in [1.54, 1.807) is 11.4 Å². The molecule has 22 heavy (non-hydrogen) atoms. The van der Waals surface area contributed by atoms with Crippen LogP contribution in [-0.2, 0) is 14.3 Å². The summed E-state index contributed by atoms with van der Waals surface area (Å²) in [6, 6.07) is 3.64. The molecule has 0 radical (unpaired) electrons. The van der Waals surface area contributed by atoms with Crippen molar-refractivity contribution in [2.45, 2.75) is 32.1 Å². The predicted octanol–water partition coefficient (Wildman–Crippen LogP) is 2.93. The standard InChI is InChI=1S/C16H18N2O3S/c17-8-12-3-4-22-16(12)18-14(19)9-21-15(20)7-13-6-10-1-2-11(13)5-10/h3-4,10-11,13H,1-2,5-7,9H2,(H,18,19)/t10-,11-,13-/m1/s1. The van der Waals surface area contributed by atoms with E-state index in [-0.39, 0.29) is 12.6 Å². The van der Waals surface area contributed by atoms with Crippen molar-refractivity contribution in [2.24, 2.45) is 17.8 Å². The summed E-state index contributed by atoms with van der Waals surface area (Å²) in [5.74, 6) is 1.22. The molecule has 1 heterocycles. The highest BCUT2D eigenvalue weighted by molar-refractivity contribution is 7.14. The van der Waals surface area contributed by atoms with Gasteiger partial charge in [-0.3, -0.25) is 9.59 Å². The van der Waals surface area contributed by atoms with Gasteiger partial charge in [-0.15, -0.1) is 11.3 Å². The molecule has 2 saturated carbocycles. The Morgan fingerprint density at radius 2 is 2.27 bits per heavy atom. The first kappa shape index (κ1) is 15.0. The molecule has 2 fully saturated rings. The number of hydrogen-bond donors (Lipinski definition) is 1. The van der Waals surface area contributed by atoms with Crippen molar-refractivity contribution in [3.8, 4) is 6.07 Å². The van der Waals surface area contributed by atoms with Crippen molar-refractivity contribution in [3.05, 3.63) is 17.0 Å². The minimum atomic E-state index is -0.403. The van der Waals surface area contributed by atoms with E-state index >= 15 is 0 Å². The number of nitrogens with zero attached hydrogens (tertiary/aromatic N) is 1. The largest absolute Gasteiger partial charge is 0.456 e. The molecule has 3 atom stereocenters. The first-order chi connectivity index (χ1) is 10.7. The molecule has 0 aromatic carbocycles. The lowest BCUT2D eigenvalue weighted by molar-refractivity contribution is -0.148. The van der Waals surface area contributed by atoms with Gasteiger partial charge >= 0.3 is 5.97 Å². The third-order valence-corrected chi connectivity index (χ3v) is 5.55. The molecule has 3 rings (SSSR count). The Balaban J connectivity index is 1.41. The monoisotopic (exact) mass is 318 g/mol. The number of fused-ring (bicyclic) bond motifs is 2. The van der Waals surface area contributed by atoms with E-state index in [0.29, 0.717) is 28.8 Å². The van der Waals surface area contributed by atoms with Crippen molar-refractivity contribution in [1.29, 1.82) is 5.26 Å². The van der Waals surface area contributed by atoms with Gasteiger partial charge in [-0.2, -0.15) is 5.26 Å². The Bertz CT molecular complexity index is 619. The fourth-order valence-corrected chi connectivity index (χ4v) is 4.46. The topological polar surface area (TPSA) is 79.2 Å². The van der Waals surface area contributed by atoms with Crippen LogP contribution in [-0.4, -0.2) is 18.5 Å². The molecule has 1 amide bonds. The second kappa shape index (κ2) is 6.49. The van der Waals surface area contributed by atoms with Crippen LogP contribution in [0.25, 0.3) is 0 Å². The van der Waals surface area contributed by atoms with Gasteiger partial charge in [-0.25, -0.2) is 0 Å². The smallest absolute Gasteiger partial charge is 0.306 e. The molecule has 1 N–H and O–H groups in total. The zero-order chi connectivity index (χ0) is 15.5. The van der Waals surface area contributed by atoms with Crippen LogP contribution in [0.3, 0.4) is 0 Å². The van der Waals surface area contributed by atoms with Gasteiger partial charge in [0, 0.05) is 6.42 Å². The third kappa shape index (κ3) is 3.30. The average Bonchev–Trinajstić information content (AvgIpc) is 3.21. The summed E-state index contributed by atoms with van der Waals surface area (Å²) < 4.78 is 5.07. The molecule has 5 nitrogen and oxygen atoms in total. The molecule has 116 valence electrons. The zero-order valence-corrected chi connectivity index (χ0v) is 13.0. The molecule has 2 bridgehead atoms. The Morgan fingerprint density at radius 3 is 2.95 bits per heavy atom. The van der Waals surface area contributed by atoms with Gasteiger partial charge in [0.1, 0.15) is 11.1 Å². The van der Waals surface area contributed by atoms with Crippen LogP contribution in [0.1, 0.15) is 37.7 Å². The molecule has 2 aliphatic carbocycles. The van der Waals surface area contributed by atoms with E-state index in [9.17, 15) is 9.59 Å². The van der Waals surface area contributed by atoms with Crippen LogP contribution < -0.4 is 5.32 Å². The molecule has 0 unspecified atom stereocenters. The highest BCUT2D eigenvalue weighted by Gasteiger charge is 2.40. The maximum atomic E-state index is 11.9. The maximum Gasteiger partial charge on any atom is 0.306 e. The van der Waals surface area contributed by atoms with Gasteiger partial charge < -0.3 is 10.1 Å². The minimum absolute atomic E-state index is 0.289. The first-order valence-corrected chi connectivity index (χ1v) is 8.46. The maximum absolute atomic E-state index is 11.9. The number of amides is 1. The van der Waals surface area contributed by atoms with Gasteiger partial charge in [0.15, 0.2) is 6.61 Å². The molecule has 0 saturated heterocycles. The van der Waals surface area contributed by atoms with Crippen molar-refractivity contribution >= 4 is 28.2 Å². The Kier molecular flexibility index (Phi) is 4.44. The summed E-state index contributed by atoms with van der Waals surface area (Å²) in [5.41, 5.74) is 0.423. The fourth-order valence-electron chi connectivity index (χ4n) is 3.70. The number of nitrogens with one attached hydrogen (secondary N) is 1. The number of thiophene rings is 1. The summed E-state index contributed by atoms with van der Waals surface area (Å²) in [4.78, 5) is 23.6. The lowest BCUT2D eigenvalue weighted by atomic mass is 9.86. The number of anilines is 1. The van der Waals surface area contributed by atoms with Crippen LogP contribution in [0.15, 0.2) is 11.4 Å². The second-order valence-corrected chi connectivity index (χ2v) is 7.04. The van der Waals surface area contributed by atoms with Crippen molar-refractivity contribution in [2.75, 3.05) is 11.9 Å². The van der Waals surface area contributed by atoms with E-state index < -0.39 is 5.91 Å². The number of carbonyl (C=O) groups is 2. The molecule has 1 aromatic heterocycles. The van der Waals surface area contributed by atoms with E-state index in [0.717, 1.165) is 12.3 Å². The molecule has 2 aliphatic rings. The van der Waals surface area contributed by atoms with Gasteiger partial charge in [-0.1, -0.05) is 6.42 Å². The number of esters is 1. The van der Waals surface area contributed by atoms with Crippen LogP contribution in [0, 0.1) is 29.1 Å². The lowest BCUT2D eigenvalue weighted by Gasteiger charge is -2.20. The summed E-state index contributed by atoms with van der Waals surface area (Å²) >= 11 is 1.28. The van der Waals surface area contributed by atoms with Crippen LogP contribution in [0.2, 0.25) is 0 Å². The van der Waals surface area contributed by atoms with Gasteiger partial charge in [0.25, 0.3) is 5.91 Å². The zero-order valence-electron chi connectivity index (χ0n) is 12.2. The molecule has 6 heteroatoms. The van der Waals surface area contributed by atoms with Gasteiger partial charge in [0.05, 0.1) is 5.56 Å². The quantitative estimate of drug-likeness (QED) is 0.847. The van der Waals surface area contributed by atoms with Crippen molar-refractivity contribution < 1.29 is 14.3 Å². The summed E-state index contributed by atoms with van der Waals surface area (Å²) in [5, 5.41) is 13.7. The summed E-state index contributed by atoms with van der Waals surface area (Å²) in [6.45, 7) is -0.289. The fraction of sp³-hybridized carbons (Fsp3) is 0.562. The lowest BCUT2D eigenvalue weighted by Crippen LogP contribution is -2.23. The van der Waals surface area contributed by atoms with Gasteiger partial charge in [0.2, 0.25) is 0 Å². The summed E-state index contributed by atoms with van der Waals surface area (Å²) in [6.07, 6.45) is 5.36. The summed E-state index contributed by atoms with van der Waals surface area (Å²) in [7, 11) is 0. The number of nitriles is 1. The van der Waals surface area contributed by atoms with Crippen molar-refractivity contribution in [3.63, 3.8) is 0 Å². The normalized spacial score (nSPS) is 25.7. The van der Waals surface area contributed by atoms with Crippen LogP contribution in [0.5, 0.6) is 0 Å². The highest BCUT2D eigenvalue weighted by atomic mass is 32.1. The number of hydrogen-bond acceptors (Lipinski definition) is 5. The average molecular weight is 318 g/mol. The van der Waals surface area contributed by atoms with Crippen molar-refractivity contribution in [1.82, 2.24) is 0 Å². The number of carbonyl (C=O) groups excluding carboxylic acids is 2. The minimum Gasteiger partial charge on any atom is -0.456 e. The molecular formula is C16H18N2O3S. The van der Waals surface area contributed by atoms with E-state index in [1.165, 1.54) is 30.6 Å². The van der Waals surface area contributed by atoms with Crippen LogP contribution in [0.4, 0.5) is 5.00 Å². The molecule has 0 spiro atoms. The highest BCUT2D eigenvalue weighted by Crippen LogP contribution is 2.49. The SMILES string of the molecule is N#Cc1ccsc1NC(=O)COC(=O)C[C@H]1C[C@@H]2CC[C@@H]1C2.